The average Bonchev–Trinajstić information content (AvgIpc) is 2.88. The number of hydrogen-bond donors (Lipinski definition) is 0. The SMILES string of the molecule is COC(=O)c1cc2c(cc1C(=O)OC)-c1ccc(OC)c(c1)CCCCc1cc-2ccc1OC. The summed E-state index contributed by atoms with van der Waals surface area (Å²) in [6.07, 6.45) is 3.71. The van der Waals surface area contributed by atoms with Crippen LogP contribution in [0.2, 0.25) is 0 Å². The quantitative estimate of drug-likeness (QED) is 0.480. The van der Waals surface area contributed by atoms with Crippen LogP contribution in [0.5, 0.6) is 11.5 Å². The van der Waals surface area contributed by atoms with E-state index in [1.165, 1.54) is 14.2 Å². The minimum Gasteiger partial charge on any atom is -0.496 e. The van der Waals surface area contributed by atoms with Crippen LogP contribution in [-0.4, -0.2) is 40.4 Å². The lowest BCUT2D eigenvalue weighted by Gasteiger charge is -2.19. The van der Waals surface area contributed by atoms with Gasteiger partial charge in [-0.25, -0.2) is 9.59 Å². The maximum absolute atomic E-state index is 12.6. The highest BCUT2D eigenvalue weighted by atomic mass is 16.5. The molecule has 0 N–H and O–H groups in total. The van der Waals surface area contributed by atoms with Crippen LogP contribution in [0.3, 0.4) is 0 Å². The molecule has 3 aromatic carbocycles. The van der Waals surface area contributed by atoms with E-state index in [0.29, 0.717) is 0 Å². The molecule has 6 heteroatoms. The lowest BCUT2D eigenvalue weighted by atomic mass is 9.87. The number of aryl methyl sites for hydroxylation is 2. The van der Waals surface area contributed by atoms with Crippen molar-refractivity contribution in [2.24, 2.45) is 0 Å². The smallest absolute Gasteiger partial charge is 0.338 e. The lowest BCUT2D eigenvalue weighted by Crippen LogP contribution is -2.13. The van der Waals surface area contributed by atoms with Gasteiger partial charge in [0.15, 0.2) is 0 Å². The molecule has 0 radical (unpaired) electrons. The Morgan fingerprint density at radius 2 is 1.03 bits per heavy atom. The van der Waals surface area contributed by atoms with Crippen LogP contribution >= 0.6 is 0 Å². The third-order valence-electron chi connectivity index (χ3n) is 6.29. The van der Waals surface area contributed by atoms with Crippen LogP contribution in [0, 0.1) is 0 Å². The first kappa shape index (κ1) is 23.4. The molecule has 0 unspecified atom stereocenters. The fraction of sp³-hybridized carbons (Fsp3) is 0.286. The van der Waals surface area contributed by atoms with Gasteiger partial charge in [0.25, 0.3) is 0 Å². The van der Waals surface area contributed by atoms with E-state index in [-0.39, 0.29) is 11.1 Å². The van der Waals surface area contributed by atoms with Crippen LogP contribution in [0.1, 0.15) is 44.7 Å². The average molecular weight is 461 g/mol. The zero-order valence-electron chi connectivity index (χ0n) is 19.9. The molecule has 34 heavy (non-hydrogen) atoms. The van der Waals surface area contributed by atoms with Crippen molar-refractivity contribution >= 4 is 11.9 Å². The van der Waals surface area contributed by atoms with Crippen LogP contribution in [0.15, 0.2) is 48.5 Å². The Morgan fingerprint density at radius 1 is 0.618 bits per heavy atom. The number of carbonyl (C=O) groups excluding carboxylic acids is 2. The third-order valence-corrected chi connectivity index (χ3v) is 6.29. The van der Waals surface area contributed by atoms with Crippen LogP contribution in [0.4, 0.5) is 0 Å². The van der Waals surface area contributed by atoms with E-state index in [4.69, 9.17) is 18.9 Å². The largest absolute Gasteiger partial charge is 0.496 e. The number of hydrogen-bond acceptors (Lipinski definition) is 6. The molecular weight excluding hydrogens is 432 g/mol. The highest BCUT2D eigenvalue weighted by Crippen LogP contribution is 2.39. The summed E-state index contributed by atoms with van der Waals surface area (Å²) in [5.74, 6) is 0.465. The molecule has 0 amide bonds. The number of rotatable bonds is 4. The Hall–Kier alpha value is -3.80. The minimum absolute atomic E-state index is 0.159. The van der Waals surface area contributed by atoms with E-state index in [1.807, 2.05) is 24.3 Å². The first-order chi connectivity index (χ1) is 16.5. The van der Waals surface area contributed by atoms with E-state index < -0.39 is 11.9 Å². The van der Waals surface area contributed by atoms with Crippen molar-refractivity contribution in [3.63, 3.8) is 0 Å². The molecule has 4 rings (SSSR count). The van der Waals surface area contributed by atoms with Crippen LogP contribution < -0.4 is 9.47 Å². The number of esters is 2. The summed E-state index contributed by atoms with van der Waals surface area (Å²) in [4.78, 5) is 25.3. The molecule has 176 valence electrons. The second-order valence-corrected chi connectivity index (χ2v) is 8.19. The number of fused-ring (bicyclic) bond motifs is 7. The Morgan fingerprint density at radius 3 is 1.38 bits per heavy atom. The van der Waals surface area contributed by atoms with Gasteiger partial charge >= 0.3 is 11.9 Å². The molecule has 1 aliphatic rings. The van der Waals surface area contributed by atoms with Gasteiger partial charge in [0.2, 0.25) is 0 Å². The molecule has 0 fully saturated rings. The Labute approximate surface area is 199 Å². The molecule has 0 atom stereocenters. The summed E-state index contributed by atoms with van der Waals surface area (Å²) in [5.41, 5.74) is 5.98. The maximum Gasteiger partial charge on any atom is 0.338 e. The molecule has 0 heterocycles. The number of methoxy groups -OCH3 is 4. The number of benzene rings is 3. The standard InChI is InChI=1S/C28H28O6/c1-31-25-11-9-17-13-19(25)7-5-6-8-20-14-18(10-12-26(20)32-2)22-16-24(28(30)34-4)23(15-21(17)22)27(29)33-3/h9-16H,5-8H2,1-4H3. The molecule has 3 aromatic rings. The zero-order chi connectivity index (χ0) is 24.2. The first-order valence-corrected chi connectivity index (χ1v) is 11.2. The van der Waals surface area contributed by atoms with E-state index in [1.54, 1.807) is 26.4 Å². The molecule has 1 aliphatic carbocycles. The van der Waals surface area contributed by atoms with E-state index >= 15 is 0 Å². The predicted molar refractivity (Wildman–Crippen MR) is 130 cm³/mol. The Bertz CT molecular complexity index is 1150. The summed E-state index contributed by atoms with van der Waals surface area (Å²) in [6, 6.07) is 15.5. The molecule has 0 aromatic heterocycles. The molecule has 4 bridgehead atoms. The maximum atomic E-state index is 12.6. The van der Waals surface area contributed by atoms with Gasteiger partial charge < -0.3 is 18.9 Å². The van der Waals surface area contributed by atoms with E-state index in [0.717, 1.165) is 70.6 Å². The number of carbonyl (C=O) groups is 2. The van der Waals surface area contributed by atoms with Gasteiger partial charge in [0, 0.05) is 0 Å². The second kappa shape index (κ2) is 10.00. The monoisotopic (exact) mass is 460 g/mol. The molecule has 0 saturated heterocycles. The summed E-state index contributed by atoms with van der Waals surface area (Å²) < 4.78 is 21.2. The topological polar surface area (TPSA) is 71.1 Å². The molecule has 0 spiro atoms. The second-order valence-electron chi connectivity index (χ2n) is 8.19. The normalized spacial score (nSPS) is 12.5. The van der Waals surface area contributed by atoms with Gasteiger partial charge in [-0.1, -0.05) is 12.1 Å². The van der Waals surface area contributed by atoms with Gasteiger partial charge in [0.1, 0.15) is 11.5 Å². The fourth-order valence-corrected chi connectivity index (χ4v) is 4.55. The third kappa shape index (κ3) is 4.36. The van der Waals surface area contributed by atoms with Gasteiger partial charge in [-0.2, -0.15) is 0 Å². The summed E-state index contributed by atoms with van der Waals surface area (Å²) in [5, 5.41) is 0. The fourth-order valence-electron chi connectivity index (χ4n) is 4.55. The minimum atomic E-state index is -0.599. The van der Waals surface area contributed by atoms with Gasteiger partial charge in [0.05, 0.1) is 39.6 Å². The predicted octanol–water partition coefficient (Wildman–Crippen LogP) is 5.49. The van der Waals surface area contributed by atoms with Crippen LogP contribution in [-0.2, 0) is 22.3 Å². The lowest BCUT2D eigenvalue weighted by molar-refractivity contribution is 0.0555. The Kier molecular flexibility index (Phi) is 6.87. The zero-order valence-corrected chi connectivity index (χ0v) is 19.9. The summed E-state index contributed by atoms with van der Waals surface area (Å²) in [6.45, 7) is 0. The van der Waals surface area contributed by atoms with Crippen molar-refractivity contribution < 1.29 is 28.5 Å². The van der Waals surface area contributed by atoms with E-state index in [2.05, 4.69) is 12.1 Å². The van der Waals surface area contributed by atoms with E-state index in [9.17, 15) is 9.59 Å². The highest BCUT2D eigenvalue weighted by molar-refractivity contribution is 6.06. The molecule has 6 nitrogen and oxygen atoms in total. The molecular formula is C28H28O6. The van der Waals surface area contributed by atoms with Gasteiger partial charge in [-0.15, -0.1) is 0 Å². The van der Waals surface area contributed by atoms with Crippen molar-refractivity contribution in [1.29, 1.82) is 0 Å². The summed E-state index contributed by atoms with van der Waals surface area (Å²) in [7, 11) is 5.93. The van der Waals surface area contributed by atoms with Crippen LogP contribution in [0.25, 0.3) is 22.3 Å². The first-order valence-electron chi connectivity index (χ1n) is 11.2. The molecule has 0 saturated carbocycles. The van der Waals surface area contributed by atoms with Gasteiger partial charge in [-0.05, 0) is 95.5 Å². The number of ether oxygens (including phenoxy) is 4. The van der Waals surface area contributed by atoms with Crippen molar-refractivity contribution in [3.05, 3.63) is 70.8 Å². The van der Waals surface area contributed by atoms with Crippen molar-refractivity contribution in [2.75, 3.05) is 28.4 Å². The molecule has 0 aliphatic heterocycles. The van der Waals surface area contributed by atoms with Crippen molar-refractivity contribution in [2.45, 2.75) is 25.7 Å². The van der Waals surface area contributed by atoms with Crippen molar-refractivity contribution in [1.82, 2.24) is 0 Å². The van der Waals surface area contributed by atoms with Gasteiger partial charge in [-0.3, -0.25) is 0 Å². The summed E-state index contributed by atoms with van der Waals surface area (Å²) >= 11 is 0. The van der Waals surface area contributed by atoms with Crippen molar-refractivity contribution in [3.8, 4) is 33.8 Å². The Balaban J connectivity index is 2.06. The highest BCUT2D eigenvalue weighted by Gasteiger charge is 2.24.